The van der Waals surface area contributed by atoms with E-state index in [4.69, 9.17) is 4.74 Å². The van der Waals surface area contributed by atoms with Crippen LogP contribution in [0.3, 0.4) is 0 Å². The summed E-state index contributed by atoms with van der Waals surface area (Å²) in [5, 5.41) is 8.88. The van der Waals surface area contributed by atoms with Gasteiger partial charge in [0.15, 0.2) is 0 Å². The normalized spacial score (nSPS) is 17.6. The van der Waals surface area contributed by atoms with Crippen LogP contribution in [-0.4, -0.2) is 43.0 Å². The minimum absolute atomic E-state index is 0.0330. The van der Waals surface area contributed by atoms with Gasteiger partial charge in [-0.3, -0.25) is 9.59 Å². The van der Waals surface area contributed by atoms with Gasteiger partial charge in [-0.05, 0) is 12.1 Å². The van der Waals surface area contributed by atoms with Crippen molar-refractivity contribution in [3.8, 4) is 5.75 Å². The summed E-state index contributed by atoms with van der Waals surface area (Å²) in [6.45, 7) is 2.38. The molecule has 120 valence electrons. The van der Waals surface area contributed by atoms with Crippen LogP contribution in [0, 0.1) is 0 Å². The summed E-state index contributed by atoms with van der Waals surface area (Å²) >= 11 is 1.86. The Kier molecular flexibility index (Phi) is 6.09. The van der Waals surface area contributed by atoms with Crippen molar-refractivity contribution in [2.45, 2.75) is 19.4 Å². The van der Waals surface area contributed by atoms with Crippen LogP contribution < -0.4 is 20.7 Å². The fourth-order valence-electron chi connectivity index (χ4n) is 2.25. The molecule has 6 nitrogen and oxygen atoms in total. The average Bonchev–Trinajstić information content (AvgIpc) is 2.49. The molecule has 7 heteroatoms. The maximum absolute atomic E-state index is 12.1. The highest BCUT2D eigenvalue weighted by molar-refractivity contribution is 7.99. The Hall–Kier alpha value is -1.73. The molecule has 1 unspecified atom stereocenters. The minimum atomic E-state index is -0.170. The van der Waals surface area contributed by atoms with Crippen LogP contribution in [0.1, 0.15) is 13.3 Å². The van der Waals surface area contributed by atoms with Crippen molar-refractivity contribution >= 4 is 35.0 Å². The lowest BCUT2D eigenvalue weighted by Crippen LogP contribution is -2.39. The Balaban J connectivity index is 1.96. The number of benzene rings is 1. The van der Waals surface area contributed by atoms with E-state index < -0.39 is 0 Å². The van der Waals surface area contributed by atoms with Crippen molar-refractivity contribution < 1.29 is 14.3 Å². The molecule has 3 N–H and O–H groups in total. The number of hydrogen-bond acceptors (Lipinski definition) is 5. The predicted octanol–water partition coefficient (Wildman–Crippen LogP) is 1.69. The van der Waals surface area contributed by atoms with Crippen molar-refractivity contribution in [2.24, 2.45) is 0 Å². The zero-order valence-corrected chi connectivity index (χ0v) is 13.6. The van der Waals surface area contributed by atoms with Gasteiger partial charge in [-0.25, -0.2) is 0 Å². The van der Waals surface area contributed by atoms with Crippen LogP contribution in [0.25, 0.3) is 0 Å². The van der Waals surface area contributed by atoms with Crippen LogP contribution in [0.2, 0.25) is 0 Å². The van der Waals surface area contributed by atoms with Gasteiger partial charge in [0.05, 0.1) is 12.8 Å². The second kappa shape index (κ2) is 8.05. The lowest BCUT2D eigenvalue weighted by Gasteiger charge is -2.22. The molecule has 0 radical (unpaired) electrons. The number of rotatable bonds is 5. The number of nitrogens with one attached hydrogen (secondary N) is 3. The van der Waals surface area contributed by atoms with Gasteiger partial charge in [-0.15, -0.1) is 0 Å². The number of thioether (sulfide) groups is 1. The van der Waals surface area contributed by atoms with E-state index in [-0.39, 0.29) is 17.9 Å². The molecule has 1 aromatic carbocycles. The minimum Gasteiger partial charge on any atom is -0.494 e. The second-order valence-electron chi connectivity index (χ2n) is 5.07. The molecule has 0 aliphatic carbocycles. The Morgan fingerprint density at radius 1 is 1.41 bits per heavy atom. The highest BCUT2D eigenvalue weighted by atomic mass is 32.2. The number of hydrogen-bond donors (Lipinski definition) is 3. The first kappa shape index (κ1) is 16.6. The molecule has 2 amide bonds. The van der Waals surface area contributed by atoms with Crippen molar-refractivity contribution in [3.63, 3.8) is 0 Å². The summed E-state index contributed by atoms with van der Waals surface area (Å²) in [6.07, 6.45) is 0.447. The Labute approximate surface area is 134 Å². The quantitative estimate of drug-likeness (QED) is 0.768. The maximum atomic E-state index is 12.1. The lowest BCUT2D eigenvalue weighted by molar-refractivity contribution is -0.116. The topological polar surface area (TPSA) is 79.5 Å². The summed E-state index contributed by atoms with van der Waals surface area (Å²) < 4.78 is 5.24. The summed E-state index contributed by atoms with van der Waals surface area (Å²) in [5.74, 6) is 2.36. The van der Waals surface area contributed by atoms with E-state index in [1.807, 2.05) is 11.8 Å². The first-order valence-corrected chi connectivity index (χ1v) is 8.30. The first-order valence-electron chi connectivity index (χ1n) is 7.15. The van der Waals surface area contributed by atoms with Gasteiger partial charge in [-0.2, -0.15) is 11.8 Å². The molecular weight excluding hydrogens is 302 g/mol. The molecule has 1 heterocycles. The van der Waals surface area contributed by atoms with Crippen LogP contribution in [0.15, 0.2) is 18.2 Å². The molecule has 1 fully saturated rings. The fourth-order valence-corrected chi connectivity index (χ4v) is 3.20. The number of anilines is 2. The van der Waals surface area contributed by atoms with Gasteiger partial charge >= 0.3 is 0 Å². The highest BCUT2D eigenvalue weighted by Gasteiger charge is 2.17. The number of ether oxygens (including phenoxy) is 1. The molecule has 22 heavy (non-hydrogen) atoms. The molecule has 0 saturated carbocycles. The van der Waals surface area contributed by atoms with E-state index in [0.717, 1.165) is 18.1 Å². The Morgan fingerprint density at radius 2 is 2.23 bits per heavy atom. The van der Waals surface area contributed by atoms with Crippen LogP contribution >= 0.6 is 11.8 Å². The van der Waals surface area contributed by atoms with E-state index in [2.05, 4.69) is 16.0 Å². The largest absolute Gasteiger partial charge is 0.494 e. The predicted molar refractivity (Wildman–Crippen MR) is 89.7 cm³/mol. The van der Waals surface area contributed by atoms with E-state index in [1.165, 1.54) is 14.0 Å². The van der Waals surface area contributed by atoms with E-state index >= 15 is 0 Å². The first-order chi connectivity index (χ1) is 10.6. The standard InChI is InChI=1S/C15H21N3O3S/c1-10(19)17-13-4-3-11(7-14(13)21-2)18-15(20)8-12-9-22-6-5-16-12/h3-4,7,12,16H,5-6,8-9H2,1-2H3,(H,17,19)(H,18,20). The van der Waals surface area contributed by atoms with Gasteiger partial charge in [0.2, 0.25) is 11.8 Å². The molecule has 1 atom stereocenters. The third kappa shape index (κ3) is 4.92. The molecule has 0 spiro atoms. The second-order valence-corrected chi connectivity index (χ2v) is 6.22. The van der Waals surface area contributed by atoms with E-state index in [0.29, 0.717) is 23.5 Å². The van der Waals surface area contributed by atoms with E-state index in [1.54, 1.807) is 18.2 Å². The van der Waals surface area contributed by atoms with Crippen molar-refractivity contribution in [2.75, 3.05) is 35.8 Å². The maximum Gasteiger partial charge on any atom is 0.225 e. The lowest BCUT2D eigenvalue weighted by atomic mass is 10.2. The highest BCUT2D eigenvalue weighted by Crippen LogP contribution is 2.28. The van der Waals surface area contributed by atoms with Gasteiger partial charge in [-0.1, -0.05) is 0 Å². The molecular formula is C15H21N3O3S. The molecule has 2 rings (SSSR count). The monoisotopic (exact) mass is 323 g/mol. The zero-order chi connectivity index (χ0) is 15.9. The molecule has 0 bridgehead atoms. The summed E-state index contributed by atoms with van der Waals surface area (Å²) in [4.78, 5) is 23.2. The number of methoxy groups -OCH3 is 1. The smallest absolute Gasteiger partial charge is 0.225 e. The van der Waals surface area contributed by atoms with Crippen molar-refractivity contribution in [1.82, 2.24) is 5.32 Å². The SMILES string of the molecule is COc1cc(NC(=O)CC2CSCCN2)ccc1NC(C)=O. The van der Waals surface area contributed by atoms with Crippen LogP contribution in [0.5, 0.6) is 5.75 Å². The number of amides is 2. The number of carbonyl (C=O) groups is 2. The van der Waals surface area contributed by atoms with Gasteiger partial charge in [0.25, 0.3) is 0 Å². The summed E-state index contributed by atoms with van der Waals surface area (Å²) in [5.41, 5.74) is 1.23. The zero-order valence-electron chi connectivity index (χ0n) is 12.8. The van der Waals surface area contributed by atoms with Crippen LogP contribution in [0.4, 0.5) is 11.4 Å². The molecule has 1 aromatic rings. The summed E-state index contributed by atoms with van der Waals surface area (Å²) in [7, 11) is 1.52. The molecule has 1 aliphatic heterocycles. The van der Waals surface area contributed by atoms with Crippen molar-refractivity contribution in [1.29, 1.82) is 0 Å². The van der Waals surface area contributed by atoms with Gasteiger partial charge in [0, 0.05) is 49.2 Å². The summed E-state index contributed by atoms with van der Waals surface area (Å²) in [6, 6.07) is 5.38. The molecule has 1 saturated heterocycles. The molecule has 1 aliphatic rings. The van der Waals surface area contributed by atoms with Gasteiger partial charge < -0.3 is 20.7 Å². The Bertz CT molecular complexity index is 545. The fraction of sp³-hybridized carbons (Fsp3) is 0.467. The van der Waals surface area contributed by atoms with E-state index in [9.17, 15) is 9.59 Å². The van der Waals surface area contributed by atoms with Crippen molar-refractivity contribution in [3.05, 3.63) is 18.2 Å². The third-order valence-corrected chi connectivity index (χ3v) is 4.36. The average molecular weight is 323 g/mol. The number of carbonyl (C=O) groups excluding carboxylic acids is 2. The van der Waals surface area contributed by atoms with Gasteiger partial charge in [0.1, 0.15) is 5.75 Å². The van der Waals surface area contributed by atoms with Crippen LogP contribution in [-0.2, 0) is 9.59 Å². The Morgan fingerprint density at radius 3 is 2.86 bits per heavy atom. The third-order valence-electron chi connectivity index (χ3n) is 3.23. The molecule has 0 aromatic heterocycles.